The Morgan fingerprint density at radius 3 is 2.83 bits per heavy atom. The molecule has 0 saturated carbocycles. The van der Waals surface area contributed by atoms with E-state index in [9.17, 15) is 0 Å². The molecule has 1 aliphatic rings. The smallest absolute Gasteiger partial charge is 0.173 e. The lowest BCUT2D eigenvalue weighted by Gasteiger charge is -2.13. The summed E-state index contributed by atoms with van der Waals surface area (Å²) in [5, 5.41) is 0.336. The summed E-state index contributed by atoms with van der Waals surface area (Å²) in [5.41, 5.74) is 2.87. The molecule has 3 rings (SSSR count). The summed E-state index contributed by atoms with van der Waals surface area (Å²) in [6.07, 6.45) is 2.47. The highest BCUT2D eigenvalue weighted by Gasteiger charge is 2.25. The van der Waals surface area contributed by atoms with Crippen LogP contribution in [0, 0.1) is 0 Å². The second-order valence-electron chi connectivity index (χ2n) is 4.09. The molecule has 0 saturated heterocycles. The minimum Gasteiger partial charge on any atom is -0.493 e. The zero-order chi connectivity index (χ0) is 12.7. The average Bonchev–Trinajstić information content (AvgIpc) is 2.95. The van der Waals surface area contributed by atoms with E-state index < -0.39 is 0 Å². The van der Waals surface area contributed by atoms with Gasteiger partial charge in [0.05, 0.1) is 18.2 Å². The van der Waals surface area contributed by atoms with E-state index in [2.05, 4.69) is 15.9 Å². The van der Waals surface area contributed by atoms with Crippen LogP contribution in [0.15, 0.2) is 33.5 Å². The first-order chi connectivity index (χ1) is 8.66. The SMILES string of the molecule is Clc1cc2c(c(C(Cl)c3ccoc3Br)c1)OCC2. The van der Waals surface area contributed by atoms with E-state index in [1.807, 2.05) is 18.2 Å². The maximum absolute atomic E-state index is 6.51. The van der Waals surface area contributed by atoms with E-state index in [4.69, 9.17) is 32.4 Å². The molecule has 0 bridgehead atoms. The first-order valence-electron chi connectivity index (χ1n) is 5.49. The molecule has 2 nitrogen and oxygen atoms in total. The van der Waals surface area contributed by atoms with Crippen molar-refractivity contribution in [1.82, 2.24) is 0 Å². The minimum absolute atomic E-state index is 0.344. The number of ether oxygens (including phenoxy) is 1. The molecular formula is C13H9BrCl2O2. The molecule has 2 aromatic rings. The van der Waals surface area contributed by atoms with E-state index in [0.29, 0.717) is 16.3 Å². The zero-order valence-corrected chi connectivity index (χ0v) is 12.3. The van der Waals surface area contributed by atoms with Gasteiger partial charge >= 0.3 is 0 Å². The Hall–Kier alpha value is -0.640. The normalized spacial score (nSPS) is 15.3. The van der Waals surface area contributed by atoms with Crippen molar-refractivity contribution in [2.24, 2.45) is 0 Å². The molecule has 1 aliphatic heterocycles. The van der Waals surface area contributed by atoms with Crippen LogP contribution in [-0.2, 0) is 6.42 Å². The molecular weight excluding hydrogens is 339 g/mol. The molecule has 1 aromatic carbocycles. The van der Waals surface area contributed by atoms with Crippen molar-refractivity contribution in [2.75, 3.05) is 6.61 Å². The van der Waals surface area contributed by atoms with Gasteiger partial charge in [0, 0.05) is 22.6 Å². The molecule has 2 heterocycles. The monoisotopic (exact) mass is 346 g/mol. The van der Waals surface area contributed by atoms with Crippen molar-refractivity contribution >= 4 is 39.1 Å². The molecule has 18 heavy (non-hydrogen) atoms. The summed E-state index contributed by atoms with van der Waals surface area (Å²) in [7, 11) is 0. The van der Waals surface area contributed by atoms with Crippen molar-refractivity contribution in [3.8, 4) is 5.75 Å². The van der Waals surface area contributed by atoms with Crippen LogP contribution < -0.4 is 4.74 Å². The molecule has 5 heteroatoms. The van der Waals surface area contributed by atoms with E-state index in [0.717, 1.165) is 28.9 Å². The second kappa shape index (κ2) is 4.80. The first kappa shape index (κ1) is 12.4. The van der Waals surface area contributed by atoms with Crippen molar-refractivity contribution in [3.05, 3.63) is 50.8 Å². The van der Waals surface area contributed by atoms with Gasteiger partial charge in [0.15, 0.2) is 4.67 Å². The molecule has 94 valence electrons. The third kappa shape index (κ3) is 2.04. The lowest BCUT2D eigenvalue weighted by Crippen LogP contribution is -1.97. The summed E-state index contributed by atoms with van der Waals surface area (Å²) in [6.45, 7) is 0.679. The highest BCUT2D eigenvalue weighted by atomic mass is 79.9. The highest BCUT2D eigenvalue weighted by Crippen LogP contribution is 2.43. The quantitative estimate of drug-likeness (QED) is 0.716. The van der Waals surface area contributed by atoms with Gasteiger partial charge in [-0.1, -0.05) is 11.6 Å². The van der Waals surface area contributed by atoms with Gasteiger partial charge in [-0.25, -0.2) is 0 Å². The highest BCUT2D eigenvalue weighted by molar-refractivity contribution is 9.10. The van der Waals surface area contributed by atoms with Crippen LogP contribution in [-0.4, -0.2) is 6.61 Å². The van der Waals surface area contributed by atoms with Gasteiger partial charge in [0.25, 0.3) is 0 Å². The molecule has 0 radical (unpaired) electrons. The number of benzene rings is 1. The van der Waals surface area contributed by atoms with Gasteiger partial charge in [-0.05, 0) is 39.7 Å². The van der Waals surface area contributed by atoms with Gasteiger partial charge in [-0.15, -0.1) is 11.6 Å². The Bertz CT molecular complexity index is 595. The van der Waals surface area contributed by atoms with Crippen LogP contribution >= 0.6 is 39.1 Å². The average molecular weight is 348 g/mol. The van der Waals surface area contributed by atoms with Crippen molar-refractivity contribution in [3.63, 3.8) is 0 Å². The third-order valence-corrected chi connectivity index (χ3v) is 4.30. The minimum atomic E-state index is -0.344. The van der Waals surface area contributed by atoms with E-state index >= 15 is 0 Å². The lowest BCUT2D eigenvalue weighted by molar-refractivity contribution is 0.353. The Labute approximate surface area is 123 Å². The molecule has 0 fully saturated rings. The molecule has 0 spiro atoms. The molecule has 1 aromatic heterocycles. The number of fused-ring (bicyclic) bond motifs is 1. The molecule has 0 N–H and O–H groups in total. The van der Waals surface area contributed by atoms with Crippen LogP contribution in [0.1, 0.15) is 22.1 Å². The summed E-state index contributed by atoms with van der Waals surface area (Å²) >= 11 is 16.0. The van der Waals surface area contributed by atoms with Crippen molar-refractivity contribution in [1.29, 1.82) is 0 Å². The predicted octanol–water partition coefficient (Wildman–Crippen LogP) is 4.96. The molecule has 0 amide bonds. The fourth-order valence-electron chi connectivity index (χ4n) is 2.14. The largest absolute Gasteiger partial charge is 0.493 e. The fraction of sp³-hybridized carbons (Fsp3) is 0.231. The maximum atomic E-state index is 6.51. The van der Waals surface area contributed by atoms with Crippen LogP contribution in [0.4, 0.5) is 0 Å². The Morgan fingerprint density at radius 1 is 1.28 bits per heavy atom. The number of hydrogen-bond donors (Lipinski definition) is 0. The van der Waals surface area contributed by atoms with Crippen LogP contribution in [0.3, 0.4) is 0 Å². The van der Waals surface area contributed by atoms with E-state index in [1.165, 1.54) is 0 Å². The Balaban J connectivity index is 2.10. The van der Waals surface area contributed by atoms with Gasteiger partial charge in [0.2, 0.25) is 0 Å². The van der Waals surface area contributed by atoms with Gasteiger partial charge < -0.3 is 9.15 Å². The fourth-order valence-corrected chi connectivity index (χ4v) is 3.32. The van der Waals surface area contributed by atoms with Crippen LogP contribution in [0.5, 0.6) is 5.75 Å². The number of alkyl halides is 1. The Kier molecular flexibility index (Phi) is 3.31. The topological polar surface area (TPSA) is 22.4 Å². The van der Waals surface area contributed by atoms with Crippen molar-refractivity contribution in [2.45, 2.75) is 11.8 Å². The molecule has 0 aliphatic carbocycles. The Morgan fingerprint density at radius 2 is 2.11 bits per heavy atom. The first-order valence-corrected chi connectivity index (χ1v) is 7.09. The summed E-state index contributed by atoms with van der Waals surface area (Å²) in [4.78, 5) is 0. The van der Waals surface area contributed by atoms with Crippen molar-refractivity contribution < 1.29 is 9.15 Å². The predicted molar refractivity (Wildman–Crippen MR) is 74.8 cm³/mol. The summed E-state index contributed by atoms with van der Waals surface area (Å²) in [6, 6.07) is 5.62. The summed E-state index contributed by atoms with van der Waals surface area (Å²) in [5.74, 6) is 0.854. The van der Waals surface area contributed by atoms with Crippen LogP contribution in [0.2, 0.25) is 5.02 Å². The maximum Gasteiger partial charge on any atom is 0.173 e. The number of halogens is 3. The zero-order valence-electron chi connectivity index (χ0n) is 9.25. The van der Waals surface area contributed by atoms with Gasteiger partial charge in [0.1, 0.15) is 5.75 Å². The van der Waals surface area contributed by atoms with E-state index in [1.54, 1.807) is 6.26 Å². The van der Waals surface area contributed by atoms with Crippen LogP contribution in [0.25, 0.3) is 0 Å². The number of furan rings is 1. The summed E-state index contributed by atoms with van der Waals surface area (Å²) < 4.78 is 11.5. The lowest BCUT2D eigenvalue weighted by atomic mass is 10.0. The molecule has 1 atom stereocenters. The van der Waals surface area contributed by atoms with Gasteiger partial charge in [-0.3, -0.25) is 0 Å². The number of rotatable bonds is 2. The standard InChI is InChI=1S/C13H9BrCl2O2/c14-13-9(2-4-18-13)11(16)10-6-8(15)5-7-1-3-17-12(7)10/h2,4-6,11H,1,3H2. The molecule has 1 unspecified atom stereocenters. The second-order valence-corrected chi connectivity index (χ2v) is 5.69. The third-order valence-electron chi connectivity index (χ3n) is 2.97. The number of hydrogen-bond acceptors (Lipinski definition) is 2. The van der Waals surface area contributed by atoms with Gasteiger partial charge in [-0.2, -0.15) is 0 Å². The van der Waals surface area contributed by atoms with E-state index in [-0.39, 0.29) is 5.38 Å².